The van der Waals surface area contributed by atoms with Crippen molar-refractivity contribution >= 4 is 6.09 Å². The molecule has 0 aromatic rings. The highest BCUT2D eigenvalue weighted by molar-refractivity contribution is 5.65. The van der Waals surface area contributed by atoms with Gasteiger partial charge in [0, 0.05) is 19.6 Å². The molecule has 0 spiro atoms. The average Bonchev–Trinajstić information content (AvgIpc) is 2.13. The molecule has 0 radical (unpaired) electrons. The minimum Gasteiger partial charge on any atom is -0.465 e. The Morgan fingerprint density at radius 2 is 1.83 bits per heavy atom. The van der Waals surface area contributed by atoms with Crippen molar-refractivity contribution in [2.75, 3.05) is 26.2 Å². The van der Waals surface area contributed by atoms with Crippen molar-refractivity contribution in [3.05, 3.63) is 0 Å². The van der Waals surface area contributed by atoms with E-state index >= 15 is 0 Å². The topological polar surface area (TPSA) is 43.8 Å². The quantitative estimate of drug-likeness (QED) is 0.793. The summed E-state index contributed by atoms with van der Waals surface area (Å²) in [7, 11) is 0. The van der Waals surface area contributed by atoms with Gasteiger partial charge in [0.05, 0.1) is 12.6 Å². The van der Waals surface area contributed by atoms with Crippen molar-refractivity contribution < 1.29 is 23.1 Å². The lowest BCUT2D eigenvalue weighted by Gasteiger charge is -2.46. The summed E-state index contributed by atoms with van der Waals surface area (Å²) in [4.78, 5) is 13.6. The number of rotatable bonds is 1. The lowest BCUT2D eigenvalue weighted by Crippen LogP contribution is -2.60. The number of nitrogens with zero attached hydrogens (tertiary/aromatic N) is 2. The predicted molar refractivity (Wildman–Crippen MR) is 60.5 cm³/mol. The number of carbonyl (C=O) groups is 1. The normalized spacial score (nSPS) is 23.2. The van der Waals surface area contributed by atoms with E-state index in [9.17, 15) is 18.0 Å². The molecule has 1 N–H and O–H groups in total. The summed E-state index contributed by atoms with van der Waals surface area (Å²) in [5, 5.41) is 9.08. The highest BCUT2D eigenvalue weighted by Crippen LogP contribution is 2.29. The third-order valence-electron chi connectivity index (χ3n) is 3.11. The van der Waals surface area contributed by atoms with Crippen molar-refractivity contribution in [2.45, 2.75) is 33.0 Å². The standard InChI is InChI=1S/C11H19F3N2O2/c1-10(2,3)8-6-15(7-11(12,13)14)4-5-16(8)9(17)18/h8H,4-7H2,1-3H3,(H,17,18). The number of piperazine rings is 1. The molecule has 1 fully saturated rings. The Hall–Kier alpha value is -0.980. The van der Waals surface area contributed by atoms with Gasteiger partial charge in [0.1, 0.15) is 0 Å². The fraction of sp³-hybridized carbons (Fsp3) is 0.909. The summed E-state index contributed by atoms with van der Waals surface area (Å²) in [5.41, 5.74) is -0.386. The molecule has 1 saturated heterocycles. The molecule has 0 saturated carbocycles. The van der Waals surface area contributed by atoms with Crippen LogP contribution in [0.2, 0.25) is 0 Å². The Balaban J connectivity index is 2.77. The molecule has 1 aliphatic rings. The van der Waals surface area contributed by atoms with Crippen molar-refractivity contribution in [1.82, 2.24) is 9.80 Å². The van der Waals surface area contributed by atoms with Gasteiger partial charge in [-0.1, -0.05) is 20.8 Å². The first-order chi connectivity index (χ1) is 8.00. The first-order valence-electron chi connectivity index (χ1n) is 5.79. The van der Waals surface area contributed by atoms with Crippen molar-refractivity contribution in [1.29, 1.82) is 0 Å². The monoisotopic (exact) mass is 268 g/mol. The number of amides is 1. The van der Waals surface area contributed by atoms with Gasteiger partial charge in [-0.25, -0.2) is 4.79 Å². The van der Waals surface area contributed by atoms with E-state index in [4.69, 9.17) is 5.11 Å². The lowest BCUT2D eigenvalue weighted by molar-refractivity contribution is -0.153. The van der Waals surface area contributed by atoms with Crippen LogP contribution >= 0.6 is 0 Å². The molecule has 1 heterocycles. The van der Waals surface area contributed by atoms with Gasteiger partial charge in [-0.2, -0.15) is 13.2 Å². The SMILES string of the molecule is CC(C)(C)C1CN(CC(F)(F)F)CCN1C(=O)O. The van der Waals surface area contributed by atoms with Crippen molar-refractivity contribution in [3.63, 3.8) is 0 Å². The molecule has 1 rings (SSSR count). The van der Waals surface area contributed by atoms with Crippen LogP contribution in [0.3, 0.4) is 0 Å². The van der Waals surface area contributed by atoms with E-state index in [0.717, 1.165) is 0 Å². The fourth-order valence-corrected chi connectivity index (χ4v) is 2.21. The van der Waals surface area contributed by atoms with Crippen LogP contribution in [0.15, 0.2) is 0 Å². The van der Waals surface area contributed by atoms with Crippen LogP contribution in [0.1, 0.15) is 20.8 Å². The number of hydrogen-bond donors (Lipinski definition) is 1. The summed E-state index contributed by atoms with van der Waals surface area (Å²) in [5.74, 6) is 0. The van der Waals surface area contributed by atoms with Crippen LogP contribution < -0.4 is 0 Å². The van der Waals surface area contributed by atoms with E-state index in [-0.39, 0.29) is 25.0 Å². The van der Waals surface area contributed by atoms with Gasteiger partial charge in [0.2, 0.25) is 0 Å². The van der Waals surface area contributed by atoms with Gasteiger partial charge in [-0.15, -0.1) is 0 Å². The Kier molecular flexibility index (Phi) is 4.15. The molecule has 0 aromatic carbocycles. The van der Waals surface area contributed by atoms with Crippen molar-refractivity contribution in [3.8, 4) is 0 Å². The molecular formula is C11H19F3N2O2. The molecule has 7 heteroatoms. The first-order valence-corrected chi connectivity index (χ1v) is 5.79. The molecule has 0 aliphatic carbocycles. The molecule has 18 heavy (non-hydrogen) atoms. The molecule has 1 unspecified atom stereocenters. The Morgan fingerprint density at radius 3 is 2.22 bits per heavy atom. The second-order valence-corrected chi connectivity index (χ2v) is 5.71. The number of hydrogen-bond acceptors (Lipinski definition) is 2. The summed E-state index contributed by atoms with van der Waals surface area (Å²) in [6, 6.07) is -0.425. The number of alkyl halides is 3. The zero-order valence-electron chi connectivity index (χ0n) is 10.8. The second-order valence-electron chi connectivity index (χ2n) is 5.71. The van der Waals surface area contributed by atoms with Crippen LogP contribution in [0.5, 0.6) is 0 Å². The van der Waals surface area contributed by atoms with Gasteiger partial charge in [-0.3, -0.25) is 4.90 Å². The molecule has 1 atom stereocenters. The van der Waals surface area contributed by atoms with Gasteiger partial charge in [0.15, 0.2) is 0 Å². The largest absolute Gasteiger partial charge is 0.465 e. The Morgan fingerprint density at radius 1 is 1.28 bits per heavy atom. The molecular weight excluding hydrogens is 249 g/mol. The van der Waals surface area contributed by atoms with Crippen molar-refractivity contribution in [2.24, 2.45) is 5.41 Å². The maximum absolute atomic E-state index is 12.3. The average molecular weight is 268 g/mol. The number of halogens is 3. The van der Waals surface area contributed by atoms with E-state index in [1.807, 2.05) is 20.8 Å². The molecule has 0 aromatic heterocycles. The zero-order valence-corrected chi connectivity index (χ0v) is 10.8. The van der Waals surface area contributed by atoms with E-state index in [1.165, 1.54) is 9.80 Å². The zero-order chi connectivity index (χ0) is 14.1. The minimum atomic E-state index is -4.24. The van der Waals surface area contributed by atoms with Crippen LogP contribution in [-0.4, -0.2) is 59.4 Å². The van der Waals surface area contributed by atoms with Gasteiger partial charge < -0.3 is 10.0 Å². The third kappa shape index (κ3) is 4.04. The second kappa shape index (κ2) is 4.95. The predicted octanol–water partition coefficient (Wildman–Crippen LogP) is 2.26. The van der Waals surface area contributed by atoms with Crippen LogP contribution in [0, 0.1) is 5.41 Å². The van der Waals surface area contributed by atoms with E-state index < -0.39 is 24.9 Å². The highest BCUT2D eigenvalue weighted by atomic mass is 19.4. The van der Waals surface area contributed by atoms with E-state index in [0.29, 0.717) is 0 Å². The lowest BCUT2D eigenvalue weighted by atomic mass is 9.84. The van der Waals surface area contributed by atoms with Crippen LogP contribution in [0.25, 0.3) is 0 Å². The smallest absolute Gasteiger partial charge is 0.407 e. The third-order valence-corrected chi connectivity index (χ3v) is 3.11. The minimum absolute atomic E-state index is 0.118. The Bertz CT molecular complexity index is 312. The van der Waals surface area contributed by atoms with E-state index in [1.54, 1.807) is 0 Å². The summed E-state index contributed by atoms with van der Waals surface area (Å²) < 4.78 is 37.0. The van der Waals surface area contributed by atoms with Gasteiger partial charge >= 0.3 is 12.3 Å². The van der Waals surface area contributed by atoms with Gasteiger partial charge in [0.25, 0.3) is 0 Å². The molecule has 106 valence electrons. The van der Waals surface area contributed by atoms with Crippen LogP contribution in [0.4, 0.5) is 18.0 Å². The van der Waals surface area contributed by atoms with E-state index in [2.05, 4.69) is 0 Å². The molecule has 1 aliphatic heterocycles. The summed E-state index contributed by atoms with van der Waals surface area (Å²) >= 11 is 0. The summed E-state index contributed by atoms with van der Waals surface area (Å²) in [6.07, 6.45) is -5.31. The first kappa shape index (κ1) is 15.1. The number of carboxylic acid groups (broad SMARTS) is 1. The Labute approximate surface area is 104 Å². The molecule has 4 nitrogen and oxygen atoms in total. The van der Waals surface area contributed by atoms with Crippen LogP contribution in [-0.2, 0) is 0 Å². The van der Waals surface area contributed by atoms with Gasteiger partial charge in [-0.05, 0) is 5.41 Å². The maximum Gasteiger partial charge on any atom is 0.407 e. The fourth-order valence-electron chi connectivity index (χ4n) is 2.21. The summed E-state index contributed by atoms with van der Waals surface area (Å²) in [6.45, 7) is 4.90. The molecule has 0 bridgehead atoms. The molecule has 1 amide bonds. The highest BCUT2D eigenvalue weighted by Gasteiger charge is 2.41. The maximum atomic E-state index is 12.3.